The number of rotatable bonds is 5. The average Bonchev–Trinajstić information content (AvgIpc) is 3.16. The lowest BCUT2D eigenvalue weighted by Gasteiger charge is -2.11. The summed E-state index contributed by atoms with van der Waals surface area (Å²) in [6, 6.07) is 22.3. The first-order chi connectivity index (χ1) is 13.6. The molecule has 0 radical (unpaired) electrons. The summed E-state index contributed by atoms with van der Waals surface area (Å²) in [5, 5.41) is 0. The highest BCUT2D eigenvalue weighted by atomic mass is 16.5. The van der Waals surface area contributed by atoms with Crippen molar-refractivity contribution in [1.82, 2.24) is 4.98 Å². The van der Waals surface area contributed by atoms with Crippen LogP contribution in [0.4, 0.5) is 5.69 Å². The highest BCUT2D eigenvalue weighted by Crippen LogP contribution is 2.27. The molecule has 0 amide bonds. The number of aromatic nitrogens is 1. The lowest BCUT2D eigenvalue weighted by molar-refractivity contribution is 0.415. The van der Waals surface area contributed by atoms with E-state index in [4.69, 9.17) is 9.15 Å². The van der Waals surface area contributed by atoms with Gasteiger partial charge in [-0.2, -0.15) is 0 Å². The molecule has 0 spiro atoms. The number of anilines is 1. The summed E-state index contributed by atoms with van der Waals surface area (Å²) in [6.07, 6.45) is 4.21. The fourth-order valence-corrected chi connectivity index (χ4v) is 2.97. The number of hydrogen-bond donors (Lipinski definition) is 0. The van der Waals surface area contributed by atoms with Gasteiger partial charge in [0.15, 0.2) is 5.58 Å². The fourth-order valence-electron chi connectivity index (χ4n) is 2.97. The molecule has 4 aromatic rings. The van der Waals surface area contributed by atoms with E-state index in [9.17, 15) is 0 Å². The minimum Gasteiger partial charge on any atom is -0.497 e. The summed E-state index contributed by atoms with van der Waals surface area (Å²) < 4.78 is 11.1. The quantitative estimate of drug-likeness (QED) is 0.420. The minimum absolute atomic E-state index is 0.609. The lowest BCUT2D eigenvalue weighted by atomic mass is 10.1. The predicted molar refractivity (Wildman–Crippen MR) is 116 cm³/mol. The standard InChI is InChI=1S/C24H22N2O2/c1-26(2)20-12-8-18(9-13-20)5-4-17-6-10-19(11-7-17)24-25-22-16-21(27-3)14-15-23(22)28-24/h4-16H,1-3H3/b5-4+. The van der Waals surface area contributed by atoms with Crippen molar-refractivity contribution in [1.29, 1.82) is 0 Å². The van der Waals surface area contributed by atoms with Crippen molar-refractivity contribution in [2.45, 2.75) is 0 Å². The third kappa shape index (κ3) is 3.76. The number of ether oxygens (including phenoxy) is 1. The molecule has 0 fully saturated rings. The molecule has 1 aromatic heterocycles. The van der Waals surface area contributed by atoms with Gasteiger partial charge >= 0.3 is 0 Å². The Kier molecular flexibility index (Phi) is 4.85. The highest BCUT2D eigenvalue weighted by Gasteiger charge is 2.08. The van der Waals surface area contributed by atoms with Crippen LogP contribution in [0.5, 0.6) is 5.75 Å². The first kappa shape index (κ1) is 17.9. The maximum atomic E-state index is 5.86. The van der Waals surface area contributed by atoms with Crippen LogP contribution in [0.25, 0.3) is 34.7 Å². The van der Waals surface area contributed by atoms with Crippen LogP contribution in [0.1, 0.15) is 11.1 Å². The van der Waals surface area contributed by atoms with Crippen molar-refractivity contribution >= 4 is 28.9 Å². The van der Waals surface area contributed by atoms with E-state index in [0.717, 1.165) is 28.0 Å². The zero-order valence-electron chi connectivity index (χ0n) is 16.2. The van der Waals surface area contributed by atoms with Crippen molar-refractivity contribution in [3.8, 4) is 17.2 Å². The van der Waals surface area contributed by atoms with E-state index in [1.54, 1.807) is 7.11 Å². The second kappa shape index (κ2) is 7.61. The van der Waals surface area contributed by atoms with Crippen LogP contribution < -0.4 is 9.64 Å². The Morgan fingerprint density at radius 2 is 1.50 bits per heavy atom. The Bertz CT molecular complexity index is 1110. The van der Waals surface area contributed by atoms with Crippen molar-refractivity contribution in [2.75, 3.05) is 26.1 Å². The Morgan fingerprint density at radius 1 is 0.857 bits per heavy atom. The van der Waals surface area contributed by atoms with Crippen LogP contribution >= 0.6 is 0 Å². The summed E-state index contributed by atoms with van der Waals surface area (Å²) >= 11 is 0. The van der Waals surface area contributed by atoms with Crippen LogP contribution in [-0.2, 0) is 0 Å². The van der Waals surface area contributed by atoms with Crippen molar-refractivity contribution < 1.29 is 9.15 Å². The maximum Gasteiger partial charge on any atom is 0.227 e. The van der Waals surface area contributed by atoms with Crippen LogP contribution in [0, 0.1) is 0 Å². The van der Waals surface area contributed by atoms with Gasteiger partial charge in [-0.25, -0.2) is 4.98 Å². The molecule has 4 rings (SSSR count). The molecule has 4 nitrogen and oxygen atoms in total. The monoisotopic (exact) mass is 370 g/mol. The SMILES string of the molecule is COc1ccc2oc(-c3ccc(/C=C/c4ccc(N(C)C)cc4)cc3)nc2c1. The van der Waals surface area contributed by atoms with Gasteiger partial charge in [-0.3, -0.25) is 0 Å². The zero-order chi connectivity index (χ0) is 19.5. The average molecular weight is 370 g/mol. The second-order valence-corrected chi connectivity index (χ2v) is 6.79. The van der Waals surface area contributed by atoms with Crippen molar-refractivity contribution in [3.63, 3.8) is 0 Å². The van der Waals surface area contributed by atoms with Gasteiger partial charge in [0.2, 0.25) is 5.89 Å². The Morgan fingerprint density at radius 3 is 2.11 bits per heavy atom. The molecule has 140 valence electrons. The molecule has 0 saturated heterocycles. The summed E-state index contributed by atoms with van der Waals surface area (Å²) in [5.74, 6) is 1.38. The molecule has 0 aliphatic heterocycles. The van der Waals surface area contributed by atoms with Gasteiger partial charge in [-0.05, 0) is 47.5 Å². The molecule has 0 aliphatic rings. The van der Waals surface area contributed by atoms with Crippen LogP contribution in [0.15, 0.2) is 71.1 Å². The molecule has 0 aliphatic carbocycles. The number of oxazole rings is 1. The lowest BCUT2D eigenvalue weighted by Crippen LogP contribution is -2.07. The van der Waals surface area contributed by atoms with Gasteiger partial charge in [-0.1, -0.05) is 36.4 Å². The van der Waals surface area contributed by atoms with Crippen LogP contribution in [0.3, 0.4) is 0 Å². The van der Waals surface area contributed by atoms with E-state index in [1.165, 1.54) is 11.3 Å². The normalized spacial score (nSPS) is 11.2. The molecular weight excluding hydrogens is 348 g/mol. The molecule has 1 heterocycles. The molecular formula is C24H22N2O2. The number of methoxy groups -OCH3 is 1. The van der Waals surface area contributed by atoms with Crippen LogP contribution in [-0.4, -0.2) is 26.2 Å². The van der Waals surface area contributed by atoms with E-state index in [2.05, 4.69) is 58.4 Å². The first-order valence-corrected chi connectivity index (χ1v) is 9.13. The van der Waals surface area contributed by atoms with E-state index in [1.807, 2.05) is 44.4 Å². The Labute approximate surface area is 164 Å². The van der Waals surface area contributed by atoms with E-state index >= 15 is 0 Å². The van der Waals surface area contributed by atoms with Gasteiger partial charge < -0.3 is 14.1 Å². The third-order valence-electron chi connectivity index (χ3n) is 4.63. The van der Waals surface area contributed by atoms with Gasteiger partial charge in [0.1, 0.15) is 11.3 Å². The van der Waals surface area contributed by atoms with Crippen LogP contribution in [0.2, 0.25) is 0 Å². The molecule has 28 heavy (non-hydrogen) atoms. The summed E-state index contributed by atoms with van der Waals surface area (Å²) in [7, 11) is 5.73. The first-order valence-electron chi connectivity index (χ1n) is 9.13. The molecule has 4 heteroatoms. The highest BCUT2D eigenvalue weighted by molar-refractivity contribution is 5.78. The van der Waals surface area contributed by atoms with E-state index in [-0.39, 0.29) is 0 Å². The predicted octanol–water partition coefficient (Wildman–Crippen LogP) is 5.74. The molecule has 0 bridgehead atoms. The van der Waals surface area contributed by atoms with E-state index < -0.39 is 0 Å². The second-order valence-electron chi connectivity index (χ2n) is 6.79. The molecule has 0 N–H and O–H groups in total. The number of fused-ring (bicyclic) bond motifs is 1. The smallest absolute Gasteiger partial charge is 0.227 e. The maximum absolute atomic E-state index is 5.86. The van der Waals surface area contributed by atoms with Gasteiger partial charge in [-0.15, -0.1) is 0 Å². The molecule has 0 saturated carbocycles. The number of benzene rings is 3. The summed E-state index contributed by atoms with van der Waals surface area (Å²) in [5.41, 5.74) is 5.97. The van der Waals surface area contributed by atoms with Gasteiger partial charge in [0.05, 0.1) is 7.11 Å². The topological polar surface area (TPSA) is 38.5 Å². The van der Waals surface area contributed by atoms with Gasteiger partial charge in [0.25, 0.3) is 0 Å². The van der Waals surface area contributed by atoms with Crippen molar-refractivity contribution in [2.24, 2.45) is 0 Å². The Hall–Kier alpha value is -3.53. The molecule has 0 atom stereocenters. The minimum atomic E-state index is 0.609. The van der Waals surface area contributed by atoms with Gasteiger partial charge in [0, 0.05) is 31.4 Å². The third-order valence-corrected chi connectivity index (χ3v) is 4.63. The number of hydrogen-bond acceptors (Lipinski definition) is 4. The van der Waals surface area contributed by atoms with Crippen molar-refractivity contribution in [3.05, 3.63) is 77.9 Å². The Balaban J connectivity index is 1.52. The summed E-state index contributed by atoms with van der Waals surface area (Å²) in [6.45, 7) is 0. The molecule has 3 aromatic carbocycles. The molecule has 0 unspecified atom stereocenters. The number of nitrogens with zero attached hydrogens (tertiary/aromatic N) is 2. The largest absolute Gasteiger partial charge is 0.497 e. The fraction of sp³-hybridized carbons (Fsp3) is 0.125. The van der Waals surface area contributed by atoms with E-state index in [0.29, 0.717) is 5.89 Å². The zero-order valence-corrected chi connectivity index (χ0v) is 16.2. The summed E-state index contributed by atoms with van der Waals surface area (Å²) in [4.78, 5) is 6.66.